The van der Waals surface area contributed by atoms with Gasteiger partial charge in [-0.15, -0.1) is 0 Å². The molecule has 88 valence electrons. The van der Waals surface area contributed by atoms with Crippen LogP contribution in [0.5, 0.6) is 0 Å². The number of hydrogen-bond acceptors (Lipinski definition) is 1. The van der Waals surface area contributed by atoms with Crippen LogP contribution >= 0.6 is 0 Å². The van der Waals surface area contributed by atoms with Gasteiger partial charge >= 0.3 is 5.97 Å². The maximum atomic E-state index is 10.6. The standard InChI is InChI=1S/C14H20O2/c1-3-5-6-13-9-11(10-14(15)16)7-8-12(13)4-2/h7-9H,3-6,10H2,1-2H3,(H,15,16). The van der Waals surface area contributed by atoms with Gasteiger partial charge in [-0.2, -0.15) is 0 Å². The number of carboxylic acids is 1. The third-order valence-corrected chi connectivity index (χ3v) is 2.81. The van der Waals surface area contributed by atoms with Crippen LogP contribution in [-0.2, 0) is 24.1 Å². The number of hydrogen-bond donors (Lipinski definition) is 1. The van der Waals surface area contributed by atoms with Crippen molar-refractivity contribution in [2.45, 2.75) is 46.0 Å². The number of aliphatic carboxylic acids is 1. The highest BCUT2D eigenvalue weighted by atomic mass is 16.4. The van der Waals surface area contributed by atoms with Gasteiger partial charge in [0.15, 0.2) is 0 Å². The summed E-state index contributed by atoms with van der Waals surface area (Å²) in [5.74, 6) is -0.759. The second-order valence-corrected chi connectivity index (χ2v) is 4.13. The molecule has 16 heavy (non-hydrogen) atoms. The summed E-state index contributed by atoms with van der Waals surface area (Å²) in [6.07, 6.45) is 4.55. The highest BCUT2D eigenvalue weighted by Crippen LogP contribution is 2.16. The van der Waals surface area contributed by atoms with Crippen molar-refractivity contribution in [2.24, 2.45) is 0 Å². The van der Waals surface area contributed by atoms with Crippen LogP contribution in [0.3, 0.4) is 0 Å². The van der Waals surface area contributed by atoms with Gasteiger partial charge in [-0.25, -0.2) is 0 Å². The van der Waals surface area contributed by atoms with Crippen LogP contribution in [0, 0.1) is 0 Å². The number of carboxylic acid groups (broad SMARTS) is 1. The fourth-order valence-corrected chi connectivity index (χ4v) is 1.91. The molecule has 1 aromatic carbocycles. The van der Waals surface area contributed by atoms with Crippen LogP contribution in [0.15, 0.2) is 18.2 Å². The smallest absolute Gasteiger partial charge is 0.307 e. The zero-order chi connectivity index (χ0) is 12.0. The molecular formula is C14H20O2. The quantitative estimate of drug-likeness (QED) is 0.799. The molecule has 0 saturated heterocycles. The van der Waals surface area contributed by atoms with Gasteiger partial charge in [0.05, 0.1) is 6.42 Å². The lowest BCUT2D eigenvalue weighted by Crippen LogP contribution is -2.02. The Bertz CT molecular complexity index is 356. The van der Waals surface area contributed by atoms with Crippen LogP contribution in [0.1, 0.15) is 43.4 Å². The Morgan fingerprint density at radius 3 is 2.56 bits per heavy atom. The number of unbranched alkanes of at least 4 members (excludes halogenated alkanes) is 1. The molecule has 2 heteroatoms. The van der Waals surface area contributed by atoms with Gasteiger partial charge in [0.1, 0.15) is 0 Å². The molecule has 0 bridgehead atoms. The third kappa shape index (κ3) is 3.69. The Labute approximate surface area is 97.3 Å². The molecule has 0 spiro atoms. The summed E-state index contributed by atoms with van der Waals surface area (Å²) in [7, 11) is 0. The van der Waals surface area contributed by atoms with Crippen molar-refractivity contribution in [1.82, 2.24) is 0 Å². The first-order chi connectivity index (χ1) is 7.67. The summed E-state index contributed by atoms with van der Waals surface area (Å²) in [4.78, 5) is 10.6. The van der Waals surface area contributed by atoms with E-state index < -0.39 is 5.97 Å². The molecule has 0 unspecified atom stereocenters. The fraction of sp³-hybridized carbons (Fsp3) is 0.500. The largest absolute Gasteiger partial charge is 0.481 e. The third-order valence-electron chi connectivity index (χ3n) is 2.81. The minimum absolute atomic E-state index is 0.128. The number of benzene rings is 1. The molecule has 0 saturated carbocycles. The molecule has 0 aliphatic rings. The minimum atomic E-state index is -0.759. The zero-order valence-corrected chi connectivity index (χ0v) is 10.1. The topological polar surface area (TPSA) is 37.3 Å². The summed E-state index contributed by atoms with van der Waals surface area (Å²) in [5.41, 5.74) is 3.58. The summed E-state index contributed by atoms with van der Waals surface area (Å²) in [5, 5.41) is 8.76. The Morgan fingerprint density at radius 2 is 2.00 bits per heavy atom. The molecule has 0 aliphatic heterocycles. The Balaban J connectivity index is 2.87. The van der Waals surface area contributed by atoms with Gasteiger partial charge in [0.2, 0.25) is 0 Å². The predicted molar refractivity (Wildman–Crippen MR) is 65.8 cm³/mol. The molecule has 0 aliphatic carbocycles. The number of rotatable bonds is 6. The molecule has 1 N–H and O–H groups in total. The molecule has 0 atom stereocenters. The van der Waals surface area contributed by atoms with Gasteiger partial charge in [-0.05, 0) is 36.0 Å². The average Bonchev–Trinajstić information content (AvgIpc) is 2.25. The van der Waals surface area contributed by atoms with Crippen LogP contribution in [0.25, 0.3) is 0 Å². The van der Waals surface area contributed by atoms with Gasteiger partial charge in [0.25, 0.3) is 0 Å². The fourth-order valence-electron chi connectivity index (χ4n) is 1.91. The lowest BCUT2D eigenvalue weighted by atomic mass is 9.97. The predicted octanol–water partition coefficient (Wildman–Crippen LogP) is 3.22. The SMILES string of the molecule is CCCCc1cc(CC(=O)O)ccc1CC. The van der Waals surface area contributed by atoms with E-state index in [2.05, 4.69) is 26.0 Å². The number of aryl methyl sites for hydroxylation is 2. The van der Waals surface area contributed by atoms with Gasteiger partial charge in [-0.1, -0.05) is 38.5 Å². The van der Waals surface area contributed by atoms with E-state index in [1.165, 1.54) is 24.0 Å². The van der Waals surface area contributed by atoms with E-state index in [1.54, 1.807) is 0 Å². The maximum absolute atomic E-state index is 10.6. The van der Waals surface area contributed by atoms with Crippen LogP contribution < -0.4 is 0 Å². The normalized spacial score (nSPS) is 10.4. The lowest BCUT2D eigenvalue weighted by Gasteiger charge is -2.09. The Kier molecular flexibility index (Phi) is 5.03. The van der Waals surface area contributed by atoms with Crippen LogP contribution in [0.4, 0.5) is 0 Å². The maximum Gasteiger partial charge on any atom is 0.307 e. The van der Waals surface area contributed by atoms with Crippen molar-refractivity contribution in [3.05, 3.63) is 34.9 Å². The molecule has 1 aromatic rings. The molecule has 0 radical (unpaired) electrons. The molecule has 2 nitrogen and oxygen atoms in total. The van der Waals surface area contributed by atoms with Crippen molar-refractivity contribution >= 4 is 5.97 Å². The molecule has 0 aromatic heterocycles. The minimum Gasteiger partial charge on any atom is -0.481 e. The monoisotopic (exact) mass is 220 g/mol. The van der Waals surface area contributed by atoms with E-state index in [-0.39, 0.29) is 6.42 Å². The van der Waals surface area contributed by atoms with Crippen LogP contribution in [-0.4, -0.2) is 11.1 Å². The Hall–Kier alpha value is -1.31. The van der Waals surface area contributed by atoms with Crippen molar-refractivity contribution in [2.75, 3.05) is 0 Å². The summed E-state index contributed by atoms with van der Waals surface area (Å²) < 4.78 is 0. The van der Waals surface area contributed by atoms with E-state index in [4.69, 9.17) is 5.11 Å². The summed E-state index contributed by atoms with van der Waals surface area (Å²) >= 11 is 0. The second-order valence-electron chi connectivity index (χ2n) is 4.13. The molecule has 0 fully saturated rings. The van der Waals surface area contributed by atoms with E-state index in [1.807, 2.05) is 6.07 Å². The lowest BCUT2D eigenvalue weighted by molar-refractivity contribution is -0.136. The second kappa shape index (κ2) is 6.31. The van der Waals surface area contributed by atoms with Crippen molar-refractivity contribution < 1.29 is 9.90 Å². The highest BCUT2D eigenvalue weighted by molar-refractivity contribution is 5.70. The Morgan fingerprint density at radius 1 is 1.25 bits per heavy atom. The van der Waals surface area contributed by atoms with Gasteiger partial charge in [-0.3, -0.25) is 4.79 Å². The van der Waals surface area contributed by atoms with Crippen molar-refractivity contribution in [1.29, 1.82) is 0 Å². The van der Waals surface area contributed by atoms with Gasteiger partial charge < -0.3 is 5.11 Å². The van der Waals surface area contributed by atoms with Crippen molar-refractivity contribution in [3.63, 3.8) is 0 Å². The van der Waals surface area contributed by atoms with E-state index in [0.29, 0.717) is 0 Å². The zero-order valence-electron chi connectivity index (χ0n) is 10.1. The molecule has 1 rings (SSSR count). The summed E-state index contributed by atoms with van der Waals surface area (Å²) in [6, 6.07) is 6.06. The van der Waals surface area contributed by atoms with E-state index >= 15 is 0 Å². The number of carbonyl (C=O) groups is 1. The average molecular weight is 220 g/mol. The van der Waals surface area contributed by atoms with E-state index in [9.17, 15) is 4.79 Å². The molecule has 0 heterocycles. The van der Waals surface area contributed by atoms with Crippen LogP contribution in [0.2, 0.25) is 0 Å². The first kappa shape index (κ1) is 12.8. The first-order valence-corrected chi connectivity index (χ1v) is 5.99. The summed E-state index contributed by atoms with van der Waals surface area (Å²) in [6.45, 7) is 4.31. The first-order valence-electron chi connectivity index (χ1n) is 5.99. The van der Waals surface area contributed by atoms with Gasteiger partial charge in [0, 0.05) is 0 Å². The van der Waals surface area contributed by atoms with Crippen molar-refractivity contribution in [3.8, 4) is 0 Å². The highest BCUT2D eigenvalue weighted by Gasteiger charge is 2.05. The molecular weight excluding hydrogens is 200 g/mol. The molecule has 0 amide bonds. The van der Waals surface area contributed by atoms with E-state index in [0.717, 1.165) is 18.4 Å².